The van der Waals surface area contributed by atoms with Gasteiger partial charge >= 0.3 is 0 Å². The molecule has 3 heterocycles. The van der Waals surface area contributed by atoms with Crippen LogP contribution in [0.5, 0.6) is 0 Å². The Morgan fingerprint density at radius 3 is 3.14 bits per heavy atom. The molecule has 0 radical (unpaired) electrons. The number of aromatic nitrogens is 1. The van der Waals surface area contributed by atoms with E-state index < -0.39 is 0 Å². The first kappa shape index (κ1) is 8.50. The average Bonchev–Trinajstić information content (AvgIpc) is 2.78. The zero-order valence-corrected chi connectivity index (χ0v) is 8.24. The molecule has 0 bridgehead atoms. The number of aryl methyl sites for hydroxylation is 1. The highest BCUT2D eigenvalue weighted by Crippen LogP contribution is 2.28. The number of rotatable bonds is 1. The van der Waals surface area contributed by atoms with E-state index in [4.69, 9.17) is 0 Å². The minimum Gasteiger partial charge on any atom is -0.391 e. The molecule has 1 aromatic rings. The van der Waals surface area contributed by atoms with Crippen LogP contribution < -0.4 is 5.32 Å². The Balaban J connectivity index is 1.96. The van der Waals surface area contributed by atoms with Gasteiger partial charge in [0.25, 0.3) is 0 Å². The minimum atomic E-state index is -0.199. The summed E-state index contributed by atoms with van der Waals surface area (Å²) in [6.45, 7) is 2.06. The highest BCUT2D eigenvalue weighted by atomic mass is 16.3. The van der Waals surface area contributed by atoms with Crippen molar-refractivity contribution in [3.63, 3.8) is 0 Å². The van der Waals surface area contributed by atoms with Crippen LogP contribution in [0.4, 0.5) is 0 Å². The van der Waals surface area contributed by atoms with Crippen LogP contribution in [-0.2, 0) is 13.0 Å². The van der Waals surface area contributed by atoms with E-state index >= 15 is 0 Å². The Hall–Kier alpha value is -0.800. The molecule has 1 saturated heterocycles. The van der Waals surface area contributed by atoms with Gasteiger partial charge in [-0.1, -0.05) is 0 Å². The molecule has 0 aliphatic carbocycles. The van der Waals surface area contributed by atoms with Gasteiger partial charge < -0.3 is 15.0 Å². The molecule has 3 heteroatoms. The molecule has 0 saturated carbocycles. The highest BCUT2D eigenvalue weighted by Gasteiger charge is 2.29. The molecule has 76 valence electrons. The lowest BCUT2D eigenvalue weighted by Crippen LogP contribution is -2.23. The maximum absolute atomic E-state index is 9.82. The van der Waals surface area contributed by atoms with E-state index in [1.807, 2.05) is 0 Å². The summed E-state index contributed by atoms with van der Waals surface area (Å²) in [4.78, 5) is 0. The number of aliphatic hydroxyl groups is 1. The van der Waals surface area contributed by atoms with E-state index in [1.165, 1.54) is 24.2 Å². The van der Waals surface area contributed by atoms with E-state index in [2.05, 4.69) is 22.0 Å². The van der Waals surface area contributed by atoms with Gasteiger partial charge in [-0.15, -0.1) is 0 Å². The number of hydrogen-bond donors (Lipinski definition) is 2. The molecule has 0 spiro atoms. The fourth-order valence-corrected chi connectivity index (χ4v) is 2.70. The monoisotopic (exact) mass is 192 g/mol. The lowest BCUT2D eigenvalue weighted by Gasteiger charge is -2.17. The zero-order chi connectivity index (χ0) is 9.54. The summed E-state index contributed by atoms with van der Waals surface area (Å²) in [5.41, 5.74) is 2.71. The number of hydrogen-bond acceptors (Lipinski definition) is 2. The molecule has 1 aromatic heterocycles. The van der Waals surface area contributed by atoms with Crippen molar-refractivity contribution in [2.45, 2.75) is 38.0 Å². The van der Waals surface area contributed by atoms with Gasteiger partial charge in [0.15, 0.2) is 0 Å². The van der Waals surface area contributed by atoms with Crippen LogP contribution >= 0.6 is 0 Å². The first-order chi connectivity index (χ1) is 6.86. The number of fused-ring (bicyclic) bond motifs is 1. The molecule has 1 fully saturated rings. The zero-order valence-electron chi connectivity index (χ0n) is 8.24. The summed E-state index contributed by atoms with van der Waals surface area (Å²) < 4.78 is 2.37. The van der Waals surface area contributed by atoms with E-state index in [0.717, 1.165) is 19.5 Å². The van der Waals surface area contributed by atoms with Gasteiger partial charge in [0, 0.05) is 17.9 Å². The minimum absolute atomic E-state index is 0.168. The third-order valence-electron chi connectivity index (χ3n) is 3.43. The molecule has 2 unspecified atom stereocenters. The molecule has 0 aromatic carbocycles. The van der Waals surface area contributed by atoms with Crippen LogP contribution in [-0.4, -0.2) is 22.3 Å². The Kier molecular flexibility index (Phi) is 1.89. The molecule has 14 heavy (non-hydrogen) atoms. The van der Waals surface area contributed by atoms with Crippen molar-refractivity contribution in [1.82, 2.24) is 9.88 Å². The van der Waals surface area contributed by atoms with Crippen LogP contribution in [0.3, 0.4) is 0 Å². The standard InChI is InChI=1S/C11H16N2O/c14-10-5-6-12-11(10)9-4-3-8-2-1-7-13(8)9/h3-4,10-12,14H,1-2,5-7H2. The third-order valence-corrected chi connectivity index (χ3v) is 3.43. The fourth-order valence-electron chi connectivity index (χ4n) is 2.70. The lowest BCUT2D eigenvalue weighted by molar-refractivity contribution is 0.157. The van der Waals surface area contributed by atoms with Crippen molar-refractivity contribution >= 4 is 0 Å². The number of nitrogens with one attached hydrogen (secondary N) is 1. The summed E-state index contributed by atoms with van der Waals surface area (Å²) in [6, 6.07) is 4.54. The number of aliphatic hydroxyl groups excluding tert-OH is 1. The van der Waals surface area contributed by atoms with Gasteiger partial charge in [-0.05, 0) is 37.9 Å². The first-order valence-corrected chi connectivity index (χ1v) is 5.46. The maximum atomic E-state index is 9.82. The Morgan fingerprint density at radius 2 is 2.36 bits per heavy atom. The van der Waals surface area contributed by atoms with Crippen LogP contribution in [0, 0.1) is 0 Å². The summed E-state index contributed by atoms with van der Waals surface area (Å²) >= 11 is 0. The summed E-state index contributed by atoms with van der Waals surface area (Å²) in [5, 5.41) is 13.2. The van der Waals surface area contributed by atoms with Gasteiger partial charge in [-0.2, -0.15) is 0 Å². The van der Waals surface area contributed by atoms with E-state index in [0.29, 0.717) is 0 Å². The predicted molar refractivity (Wildman–Crippen MR) is 54.1 cm³/mol. The Labute approximate surface area is 83.7 Å². The lowest BCUT2D eigenvalue weighted by atomic mass is 10.1. The highest BCUT2D eigenvalue weighted by molar-refractivity contribution is 5.23. The van der Waals surface area contributed by atoms with Crippen molar-refractivity contribution in [2.24, 2.45) is 0 Å². The Bertz CT molecular complexity index is 345. The quantitative estimate of drug-likeness (QED) is 0.691. The molecule has 2 aliphatic heterocycles. The third kappa shape index (κ3) is 1.12. The van der Waals surface area contributed by atoms with Crippen LogP contribution in [0.2, 0.25) is 0 Å². The van der Waals surface area contributed by atoms with Crippen molar-refractivity contribution in [1.29, 1.82) is 0 Å². The van der Waals surface area contributed by atoms with Crippen molar-refractivity contribution in [3.8, 4) is 0 Å². The largest absolute Gasteiger partial charge is 0.391 e. The number of nitrogens with zero attached hydrogens (tertiary/aromatic N) is 1. The van der Waals surface area contributed by atoms with E-state index in [-0.39, 0.29) is 12.1 Å². The van der Waals surface area contributed by atoms with Crippen molar-refractivity contribution < 1.29 is 5.11 Å². The molecule has 0 amide bonds. The average molecular weight is 192 g/mol. The van der Waals surface area contributed by atoms with Gasteiger partial charge in [-0.25, -0.2) is 0 Å². The normalized spacial score (nSPS) is 30.9. The topological polar surface area (TPSA) is 37.2 Å². The Morgan fingerprint density at radius 1 is 1.43 bits per heavy atom. The molecule has 3 rings (SSSR count). The second-order valence-corrected chi connectivity index (χ2v) is 4.29. The molecule has 3 nitrogen and oxygen atoms in total. The first-order valence-electron chi connectivity index (χ1n) is 5.46. The van der Waals surface area contributed by atoms with Crippen LogP contribution in [0.25, 0.3) is 0 Å². The van der Waals surface area contributed by atoms with Crippen molar-refractivity contribution in [3.05, 3.63) is 23.5 Å². The molecular formula is C11H16N2O. The SMILES string of the molecule is OC1CCNC1c1ccc2n1CCC2. The molecule has 2 aliphatic rings. The van der Waals surface area contributed by atoms with Gasteiger partial charge in [0.1, 0.15) is 0 Å². The van der Waals surface area contributed by atoms with Gasteiger partial charge in [0.05, 0.1) is 12.1 Å². The summed E-state index contributed by atoms with van der Waals surface area (Å²) in [6.07, 6.45) is 3.13. The van der Waals surface area contributed by atoms with Gasteiger partial charge in [0.2, 0.25) is 0 Å². The van der Waals surface area contributed by atoms with E-state index in [9.17, 15) is 5.11 Å². The fraction of sp³-hybridized carbons (Fsp3) is 0.636. The smallest absolute Gasteiger partial charge is 0.0761 e. The van der Waals surface area contributed by atoms with Crippen LogP contribution in [0.15, 0.2) is 12.1 Å². The van der Waals surface area contributed by atoms with Crippen molar-refractivity contribution in [2.75, 3.05) is 6.54 Å². The van der Waals surface area contributed by atoms with Gasteiger partial charge in [-0.3, -0.25) is 0 Å². The molecule has 2 atom stereocenters. The molecular weight excluding hydrogens is 176 g/mol. The predicted octanol–water partition coefficient (Wildman–Crippen LogP) is 0.830. The maximum Gasteiger partial charge on any atom is 0.0761 e. The summed E-state index contributed by atoms with van der Waals surface area (Å²) in [7, 11) is 0. The summed E-state index contributed by atoms with van der Waals surface area (Å²) in [5.74, 6) is 0. The second kappa shape index (κ2) is 3.11. The van der Waals surface area contributed by atoms with E-state index in [1.54, 1.807) is 0 Å². The van der Waals surface area contributed by atoms with Crippen LogP contribution in [0.1, 0.15) is 30.3 Å². The second-order valence-electron chi connectivity index (χ2n) is 4.29. The molecule has 2 N–H and O–H groups in total.